The lowest BCUT2D eigenvalue weighted by Crippen LogP contribution is -2.51. The average Bonchev–Trinajstić information content (AvgIpc) is 2.68. The predicted molar refractivity (Wildman–Crippen MR) is 64.2 cm³/mol. The molecule has 0 aliphatic rings. The van der Waals surface area contributed by atoms with Crippen LogP contribution in [0.4, 0.5) is 0 Å². The molecule has 0 bridgehead atoms. The van der Waals surface area contributed by atoms with Gasteiger partial charge in [0, 0.05) is 23.0 Å². The first-order valence-electron chi connectivity index (χ1n) is 5.23. The van der Waals surface area contributed by atoms with Crippen molar-refractivity contribution in [2.75, 3.05) is 14.1 Å². The second kappa shape index (κ2) is 5.05. The Labute approximate surface area is 95.8 Å². The zero-order valence-corrected chi connectivity index (χ0v) is 10.7. The van der Waals surface area contributed by atoms with Gasteiger partial charge >= 0.3 is 0 Å². The molecule has 1 aromatic heterocycles. The van der Waals surface area contributed by atoms with Gasteiger partial charge in [-0.05, 0) is 27.4 Å². The van der Waals surface area contributed by atoms with Crippen molar-refractivity contribution in [1.29, 1.82) is 0 Å². The van der Waals surface area contributed by atoms with Crippen LogP contribution in [-0.2, 0) is 6.42 Å². The Morgan fingerprint density at radius 1 is 1.60 bits per heavy atom. The lowest BCUT2D eigenvalue weighted by atomic mass is 9.88. The molecule has 4 heteroatoms. The lowest BCUT2D eigenvalue weighted by Gasteiger charge is -2.39. The molecule has 0 aromatic carbocycles. The van der Waals surface area contributed by atoms with Crippen molar-refractivity contribution in [3.05, 3.63) is 16.6 Å². The van der Waals surface area contributed by atoms with Gasteiger partial charge in [-0.1, -0.05) is 6.92 Å². The van der Waals surface area contributed by atoms with Crippen molar-refractivity contribution in [3.8, 4) is 0 Å². The topological polar surface area (TPSA) is 36.4 Å². The summed E-state index contributed by atoms with van der Waals surface area (Å²) in [6.45, 7) is 4.20. The minimum atomic E-state index is -0.349. The second-order valence-corrected chi connectivity index (χ2v) is 5.26. The Bertz CT molecular complexity index is 287. The molecule has 0 radical (unpaired) electrons. The Morgan fingerprint density at radius 2 is 2.27 bits per heavy atom. The standard InChI is InChI=1S/C11H20N2OS/c1-5-11(2,13(3)4)10(14)6-9-7-12-8-15-9/h7-8,10,14H,5-6H2,1-4H3. The van der Waals surface area contributed by atoms with Crippen LogP contribution in [0.3, 0.4) is 0 Å². The molecule has 0 saturated carbocycles. The minimum Gasteiger partial charge on any atom is -0.391 e. The molecule has 0 aliphatic carbocycles. The first kappa shape index (κ1) is 12.6. The molecule has 0 saturated heterocycles. The number of aromatic nitrogens is 1. The maximum atomic E-state index is 10.2. The van der Waals surface area contributed by atoms with Gasteiger partial charge in [-0.15, -0.1) is 11.3 Å². The average molecular weight is 228 g/mol. The SMILES string of the molecule is CCC(C)(C(O)Cc1cncs1)N(C)C. The van der Waals surface area contributed by atoms with Crippen LogP contribution in [0, 0.1) is 0 Å². The molecule has 1 N–H and O–H groups in total. The summed E-state index contributed by atoms with van der Waals surface area (Å²) in [6, 6.07) is 0. The van der Waals surface area contributed by atoms with Crippen LogP contribution >= 0.6 is 11.3 Å². The molecule has 1 heterocycles. The molecule has 15 heavy (non-hydrogen) atoms. The number of thiazole rings is 1. The summed E-state index contributed by atoms with van der Waals surface area (Å²) in [5, 5.41) is 10.2. The van der Waals surface area contributed by atoms with Crippen molar-refractivity contribution in [2.45, 2.75) is 38.3 Å². The van der Waals surface area contributed by atoms with Crippen molar-refractivity contribution in [1.82, 2.24) is 9.88 Å². The van der Waals surface area contributed by atoms with Gasteiger partial charge in [0.25, 0.3) is 0 Å². The fourth-order valence-electron chi connectivity index (χ4n) is 1.60. The van der Waals surface area contributed by atoms with E-state index in [1.54, 1.807) is 16.8 Å². The van der Waals surface area contributed by atoms with Gasteiger partial charge in [0.2, 0.25) is 0 Å². The zero-order chi connectivity index (χ0) is 11.5. The molecule has 0 fully saturated rings. The molecule has 0 spiro atoms. The summed E-state index contributed by atoms with van der Waals surface area (Å²) >= 11 is 1.60. The molecule has 2 unspecified atom stereocenters. The van der Waals surface area contributed by atoms with E-state index in [0.717, 1.165) is 11.3 Å². The van der Waals surface area contributed by atoms with Crippen LogP contribution in [0.1, 0.15) is 25.1 Å². The fourth-order valence-corrected chi connectivity index (χ4v) is 2.24. The van der Waals surface area contributed by atoms with Crippen molar-refractivity contribution >= 4 is 11.3 Å². The van der Waals surface area contributed by atoms with Gasteiger partial charge in [0.1, 0.15) is 0 Å². The summed E-state index contributed by atoms with van der Waals surface area (Å²) in [6.07, 6.45) is 3.10. The van der Waals surface area contributed by atoms with Gasteiger partial charge in [-0.2, -0.15) is 0 Å². The molecular formula is C11H20N2OS. The summed E-state index contributed by atoms with van der Waals surface area (Å²) in [5.41, 5.74) is 1.64. The highest BCUT2D eigenvalue weighted by Crippen LogP contribution is 2.24. The van der Waals surface area contributed by atoms with E-state index in [1.807, 2.05) is 20.3 Å². The number of rotatable bonds is 5. The summed E-state index contributed by atoms with van der Waals surface area (Å²) in [5.74, 6) is 0. The molecular weight excluding hydrogens is 208 g/mol. The van der Waals surface area contributed by atoms with Crippen LogP contribution in [-0.4, -0.2) is 40.7 Å². The molecule has 0 aliphatic heterocycles. The van der Waals surface area contributed by atoms with Gasteiger partial charge in [0.05, 0.1) is 11.6 Å². The number of aliphatic hydroxyl groups excluding tert-OH is 1. The molecule has 0 amide bonds. The van der Waals surface area contributed by atoms with Gasteiger partial charge in [-0.3, -0.25) is 4.98 Å². The lowest BCUT2D eigenvalue weighted by molar-refractivity contribution is 0.00344. The Kier molecular flexibility index (Phi) is 4.25. The van der Waals surface area contributed by atoms with Gasteiger partial charge in [-0.25, -0.2) is 0 Å². The summed E-state index contributed by atoms with van der Waals surface area (Å²) < 4.78 is 0. The van der Waals surface area contributed by atoms with Crippen LogP contribution in [0.5, 0.6) is 0 Å². The molecule has 3 nitrogen and oxygen atoms in total. The predicted octanol–water partition coefficient (Wildman–Crippen LogP) is 1.78. The quantitative estimate of drug-likeness (QED) is 0.834. The van der Waals surface area contributed by atoms with Crippen LogP contribution in [0.15, 0.2) is 11.7 Å². The molecule has 86 valence electrons. The maximum Gasteiger partial charge on any atom is 0.0794 e. The van der Waals surface area contributed by atoms with E-state index >= 15 is 0 Å². The van der Waals surface area contributed by atoms with Crippen LogP contribution in [0.2, 0.25) is 0 Å². The van der Waals surface area contributed by atoms with Gasteiger partial charge in [0.15, 0.2) is 0 Å². The molecule has 2 atom stereocenters. The summed E-state index contributed by atoms with van der Waals surface area (Å²) in [7, 11) is 4.03. The van der Waals surface area contributed by atoms with Crippen LogP contribution in [0.25, 0.3) is 0 Å². The third-order valence-electron chi connectivity index (χ3n) is 3.33. The van der Waals surface area contributed by atoms with E-state index in [0.29, 0.717) is 6.42 Å². The van der Waals surface area contributed by atoms with Crippen LogP contribution < -0.4 is 0 Å². The highest BCUT2D eigenvalue weighted by Gasteiger charge is 2.33. The number of hydrogen-bond donors (Lipinski definition) is 1. The van der Waals surface area contributed by atoms with Crippen molar-refractivity contribution in [2.24, 2.45) is 0 Å². The molecule has 1 rings (SSSR count). The van der Waals surface area contributed by atoms with E-state index in [2.05, 4.69) is 23.7 Å². The van der Waals surface area contributed by atoms with E-state index in [1.165, 1.54) is 0 Å². The van der Waals surface area contributed by atoms with E-state index in [4.69, 9.17) is 0 Å². The molecule has 1 aromatic rings. The Balaban J connectivity index is 2.69. The first-order valence-corrected chi connectivity index (χ1v) is 6.11. The van der Waals surface area contributed by atoms with E-state index < -0.39 is 0 Å². The first-order chi connectivity index (χ1) is 7.00. The minimum absolute atomic E-state index is 0.163. The van der Waals surface area contributed by atoms with E-state index in [9.17, 15) is 5.11 Å². The van der Waals surface area contributed by atoms with E-state index in [-0.39, 0.29) is 11.6 Å². The third kappa shape index (κ3) is 2.77. The highest BCUT2D eigenvalue weighted by molar-refractivity contribution is 7.09. The Hall–Kier alpha value is -0.450. The summed E-state index contributed by atoms with van der Waals surface area (Å²) in [4.78, 5) is 7.26. The number of hydrogen-bond acceptors (Lipinski definition) is 4. The second-order valence-electron chi connectivity index (χ2n) is 4.29. The maximum absolute atomic E-state index is 10.2. The van der Waals surface area contributed by atoms with Crippen molar-refractivity contribution in [3.63, 3.8) is 0 Å². The zero-order valence-electron chi connectivity index (χ0n) is 9.90. The third-order valence-corrected chi connectivity index (χ3v) is 4.14. The van der Waals surface area contributed by atoms with Crippen molar-refractivity contribution < 1.29 is 5.11 Å². The number of aliphatic hydroxyl groups is 1. The number of nitrogens with zero attached hydrogens (tertiary/aromatic N) is 2. The highest BCUT2D eigenvalue weighted by atomic mass is 32.1. The van der Waals surface area contributed by atoms with Gasteiger partial charge < -0.3 is 10.0 Å². The Morgan fingerprint density at radius 3 is 2.67 bits per heavy atom. The smallest absolute Gasteiger partial charge is 0.0794 e. The number of likely N-dealkylation sites (N-methyl/N-ethyl adjacent to an activating group) is 1. The monoisotopic (exact) mass is 228 g/mol. The largest absolute Gasteiger partial charge is 0.391 e. The normalized spacial score (nSPS) is 17.7. The fraction of sp³-hybridized carbons (Fsp3) is 0.727.